The molecule has 0 aliphatic heterocycles. The standard InChI is InChI=1S/C9H18N4S/c1-3-4-5-10-6-8(2)14-9-11-7-12-13-9/h7-8,10H,3-6H2,1-2H3,(H,11,12,13). The Balaban J connectivity index is 2.07. The Morgan fingerprint density at radius 3 is 3.14 bits per heavy atom. The number of nitrogens with one attached hydrogen (secondary N) is 2. The molecule has 0 amide bonds. The van der Waals surface area contributed by atoms with E-state index in [-0.39, 0.29) is 0 Å². The van der Waals surface area contributed by atoms with E-state index in [2.05, 4.69) is 34.3 Å². The highest BCUT2D eigenvalue weighted by atomic mass is 32.2. The fourth-order valence-corrected chi connectivity index (χ4v) is 1.89. The number of unbranched alkanes of at least 4 members (excludes halogenated alkanes) is 1. The van der Waals surface area contributed by atoms with Crippen LogP contribution in [0.4, 0.5) is 0 Å². The van der Waals surface area contributed by atoms with Crippen molar-refractivity contribution < 1.29 is 0 Å². The van der Waals surface area contributed by atoms with Crippen LogP contribution in [0, 0.1) is 0 Å². The molecule has 0 fully saturated rings. The van der Waals surface area contributed by atoms with Crippen LogP contribution in [-0.4, -0.2) is 33.5 Å². The molecular weight excluding hydrogens is 196 g/mol. The molecule has 0 aliphatic rings. The topological polar surface area (TPSA) is 53.6 Å². The Kier molecular flexibility index (Phi) is 5.63. The molecule has 1 aromatic heterocycles. The van der Waals surface area contributed by atoms with Crippen LogP contribution < -0.4 is 5.32 Å². The molecule has 1 heterocycles. The van der Waals surface area contributed by atoms with Gasteiger partial charge in [-0.3, -0.25) is 5.10 Å². The molecule has 0 saturated heterocycles. The molecule has 1 atom stereocenters. The monoisotopic (exact) mass is 214 g/mol. The summed E-state index contributed by atoms with van der Waals surface area (Å²) in [7, 11) is 0. The van der Waals surface area contributed by atoms with Gasteiger partial charge < -0.3 is 5.32 Å². The van der Waals surface area contributed by atoms with Crippen molar-refractivity contribution in [3.8, 4) is 0 Å². The van der Waals surface area contributed by atoms with Crippen LogP contribution in [0.2, 0.25) is 0 Å². The minimum Gasteiger partial charge on any atom is -0.316 e. The van der Waals surface area contributed by atoms with E-state index >= 15 is 0 Å². The van der Waals surface area contributed by atoms with Gasteiger partial charge in [-0.05, 0) is 13.0 Å². The van der Waals surface area contributed by atoms with Gasteiger partial charge in [-0.15, -0.1) is 0 Å². The zero-order chi connectivity index (χ0) is 10.2. The highest BCUT2D eigenvalue weighted by Crippen LogP contribution is 2.16. The van der Waals surface area contributed by atoms with Crippen molar-refractivity contribution in [3.63, 3.8) is 0 Å². The maximum atomic E-state index is 4.07. The molecule has 1 rings (SSSR count). The van der Waals surface area contributed by atoms with E-state index in [1.165, 1.54) is 12.8 Å². The lowest BCUT2D eigenvalue weighted by molar-refractivity contribution is 0.638. The Morgan fingerprint density at radius 2 is 2.50 bits per heavy atom. The van der Waals surface area contributed by atoms with Crippen molar-refractivity contribution in [2.75, 3.05) is 13.1 Å². The molecule has 1 aromatic rings. The van der Waals surface area contributed by atoms with Gasteiger partial charge in [0.25, 0.3) is 0 Å². The van der Waals surface area contributed by atoms with Gasteiger partial charge in [0.15, 0.2) is 5.16 Å². The second-order valence-corrected chi connectivity index (χ2v) is 4.70. The maximum Gasteiger partial charge on any atom is 0.183 e. The number of H-pyrrole nitrogens is 1. The molecule has 1 unspecified atom stereocenters. The Labute approximate surface area is 89.3 Å². The summed E-state index contributed by atoms with van der Waals surface area (Å²) in [4.78, 5) is 4.07. The lowest BCUT2D eigenvalue weighted by Crippen LogP contribution is -2.23. The summed E-state index contributed by atoms with van der Waals surface area (Å²) in [6.07, 6.45) is 4.04. The molecular formula is C9H18N4S. The van der Waals surface area contributed by atoms with Gasteiger partial charge in [0.2, 0.25) is 0 Å². The first-order chi connectivity index (χ1) is 6.83. The first-order valence-corrected chi connectivity index (χ1v) is 5.93. The number of aromatic amines is 1. The first kappa shape index (κ1) is 11.5. The maximum absolute atomic E-state index is 4.07. The number of hydrogen-bond acceptors (Lipinski definition) is 4. The van der Waals surface area contributed by atoms with Crippen molar-refractivity contribution in [2.45, 2.75) is 37.1 Å². The van der Waals surface area contributed by atoms with E-state index in [0.717, 1.165) is 18.2 Å². The number of rotatable bonds is 7. The minimum absolute atomic E-state index is 0.528. The third-order valence-electron chi connectivity index (χ3n) is 1.84. The van der Waals surface area contributed by atoms with Gasteiger partial charge in [0.1, 0.15) is 6.33 Å². The van der Waals surface area contributed by atoms with Gasteiger partial charge in [-0.2, -0.15) is 5.10 Å². The summed E-state index contributed by atoms with van der Waals surface area (Å²) in [5.41, 5.74) is 0. The molecule has 0 radical (unpaired) electrons. The summed E-state index contributed by atoms with van der Waals surface area (Å²) in [5, 5.41) is 11.5. The van der Waals surface area contributed by atoms with Crippen molar-refractivity contribution >= 4 is 11.8 Å². The fourth-order valence-electron chi connectivity index (χ4n) is 1.09. The molecule has 14 heavy (non-hydrogen) atoms. The molecule has 5 heteroatoms. The van der Waals surface area contributed by atoms with Crippen LogP contribution in [0.1, 0.15) is 26.7 Å². The van der Waals surface area contributed by atoms with Crippen molar-refractivity contribution in [1.82, 2.24) is 20.5 Å². The highest BCUT2D eigenvalue weighted by molar-refractivity contribution is 7.99. The van der Waals surface area contributed by atoms with E-state index in [1.54, 1.807) is 18.1 Å². The Hall–Kier alpha value is -0.550. The minimum atomic E-state index is 0.528. The summed E-state index contributed by atoms with van der Waals surface area (Å²) < 4.78 is 0. The second kappa shape index (κ2) is 6.84. The molecule has 0 aromatic carbocycles. The fraction of sp³-hybridized carbons (Fsp3) is 0.778. The second-order valence-electron chi connectivity index (χ2n) is 3.28. The van der Waals surface area contributed by atoms with Gasteiger partial charge in [0, 0.05) is 11.8 Å². The van der Waals surface area contributed by atoms with Crippen molar-refractivity contribution in [1.29, 1.82) is 0 Å². The largest absolute Gasteiger partial charge is 0.316 e. The normalized spacial score (nSPS) is 13.0. The molecule has 0 aliphatic carbocycles. The van der Waals surface area contributed by atoms with Crippen LogP contribution in [-0.2, 0) is 0 Å². The van der Waals surface area contributed by atoms with E-state index in [4.69, 9.17) is 0 Å². The zero-order valence-electron chi connectivity index (χ0n) is 8.79. The van der Waals surface area contributed by atoms with Gasteiger partial charge >= 0.3 is 0 Å². The number of hydrogen-bond donors (Lipinski definition) is 2. The van der Waals surface area contributed by atoms with Crippen molar-refractivity contribution in [3.05, 3.63) is 6.33 Å². The third kappa shape index (κ3) is 4.62. The van der Waals surface area contributed by atoms with Crippen molar-refractivity contribution in [2.24, 2.45) is 0 Å². The number of aromatic nitrogens is 3. The summed E-state index contributed by atoms with van der Waals surface area (Å²) >= 11 is 1.72. The highest BCUT2D eigenvalue weighted by Gasteiger charge is 2.05. The van der Waals surface area contributed by atoms with Gasteiger partial charge in [0.05, 0.1) is 0 Å². The molecule has 0 saturated carbocycles. The quantitative estimate of drug-likeness (QED) is 0.535. The number of thioether (sulfide) groups is 1. The molecule has 4 nitrogen and oxygen atoms in total. The summed E-state index contributed by atoms with van der Waals surface area (Å²) in [6.45, 7) is 6.52. The van der Waals surface area contributed by atoms with Crippen LogP contribution in [0.5, 0.6) is 0 Å². The average molecular weight is 214 g/mol. The molecule has 0 bridgehead atoms. The molecule has 2 N–H and O–H groups in total. The van der Waals surface area contributed by atoms with Gasteiger partial charge in [-0.25, -0.2) is 4.98 Å². The van der Waals surface area contributed by atoms with E-state index in [0.29, 0.717) is 5.25 Å². The predicted octanol–water partition coefficient (Wildman–Crippen LogP) is 1.67. The Bertz CT molecular complexity index is 225. The first-order valence-electron chi connectivity index (χ1n) is 5.05. The SMILES string of the molecule is CCCCNCC(C)Sc1ncn[nH]1. The summed E-state index contributed by atoms with van der Waals surface area (Å²) in [5.74, 6) is 0. The lowest BCUT2D eigenvalue weighted by Gasteiger charge is -2.09. The van der Waals surface area contributed by atoms with E-state index in [9.17, 15) is 0 Å². The summed E-state index contributed by atoms with van der Waals surface area (Å²) in [6, 6.07) is 0. The van der Waals surface area contributed by atoms with Crippen LogP contribution in [0.25, 0.3) is 0 Å². The lowest BCUT2D eigenvalue weighted by atomic mass is 10.3. The van der Waals surface area contributed by atoms with Crippen LogP contribution >= 0.6 is 11.8 Å². The zero-order valence-corrected chi connectivity index (χ0v) is 9.60. The molecule has 0 spiro atoms. The van der Waals surface area contributed by atoms with Crippen LogP contribution in [0.3, 0.4) is 0 Å². The predicted molar refractivity (Wildman–Crippen MR) is 59.5 cm³/mol. The average Bonchev–Trinajstić information content (AvgIpc) is 2.65. The smallest absolute Gasteiger partial charge is 0.183 e. The van der Waals surface area contributed by atoms with E-state index in [1.807, 2.05) is 0 Å². The Morgan fingerprint density at radius 1 is 1.64 bits per heavy atom. The molecule has 80 valence electrons. The van der Waals surface area contributed by atoms with E-state index < -0.39 is 0 Å². The third-order valence-corrected chi connectivity index (χ3v) is 2.83. The number of nitrogens with zero attached hydrogens (tertiary/aromatic N) is 2. The van der Waals surface area contributed by atoms with Crippen LogP contribution in [0.15, 0.2) is 11.5 Å². The van der Waals surface area contributed by atoms with Gasteiger partial charge in [-0.1, -0.05) is 32.0 Å².